The summed E-state index contributed by atoms with van der Waals surface area (Å²) >= 11 is 1.77. The van der Waals surface area contributed by atoms with E-state index in [0.717, 1.165) is 25.0 Å². The molecule has 0 aliphatic heterocycles. The molecule has 1 aromatic heterocycles. The minimum Gasteiger partial charge on any atom is -0.493 e. The Morgan fingerprint density at radius 1 is 1.16 bits per heavy atom. The quantitative estimate of drug-likeness (QED) is 0.836. The average molecular weight is 276 g/mol. The van der Waals surface area contributed by atoms with Gasteiger partial charge in [0, 0.05) is 11.3 Å². The first-order valence-corrected chi connectivity index (χ1v) is 7.54. The maximum Gasteiger partial charge on any atom is 0.119 e. The van der Waals surface area contributed by atoms with Crippen molar-refractivity contribution in [1.82, 2.24) is 0 Å². The second-order valence-corrected chi connectivity index (χ2v) is 5.74. The Bertz CT molecular complexity index is 460. The Morgan fingerprint density at radius 2 is 1.95 bits per heavy atom. The lowest BCUT2D eigenvalue weighted by Gasteiger charge is -2.07. The van der Waals surface area contributed by atoms with Crippen LogP contribution in [0.1, 0.15) is 23.8 Å². The van der Waals surface area contributed by atoms with Crippen LogP contribution in [0.3, 0.4) is 0 Å². The predicted octanol–water partition coefficient (Wildman–Crippen LogP) is 3.68. The third-order valence-electron chi connectivity index (χ3n) is 2.97. The number of rotatable bonds is 7. The van der Waals surface area contributed by atoms with Crippen LogP contribution in [0.5, 0.6) is 5.75 Å². The van der Waals surface area contributed by atoms with Gasteiger partial charge in [-0.05, 0) is 48.9 Å². The van der Waals surface area contributed by atoms with Gasteiger partial charge in [-0.3, -0.25) is 0 Å². The molecule has 19 heavy (non-hydrogen) atoms. The second kappa shape index (κ2) is 7.31. The van der Waals surface area contributed by atoms with Crippen molar-refractivity contribution in [2.45, 2.75) is 32.3 Å². The summed E-state index contributed by atoms with van der Waals surface area (Å²) in [7, 11) is 0. The molecule has 0 fully saturated rings. The number of aliphatic hydroxyl groups is 1. The summed E-state index contributed by atoms with van der Waals surface area (Å²) in [5.74, 6) is 0.914. The largest absolute Gasteiger partial charge is 0.493 e. The summed E-state index contributed by atoms with van der Waals surface area (Å²) in [5.41, 5.74) is 1.24. The van der Waals surface area contributed by atoms with Gasteiger partial charge in [-0.2, -0.15) is 0 Å². The number of hydrogen-bond donors (Lipinski definition) is 1. The van der Waals surface area contributed by atoms with Gasteiger partial charge in [0.1, 0.15) is 5.75 Å². The van der Waals surface area contributed by atoms with Crippen molar-refractivity contribution in [2.75, 3.05) is 6.61 Å². The van der Waals surface area contributed by atoms with Crippen molar-refractivity contribution in [3.05, 3.63) is 52.2 Å². The van der Waals surface area contributed by atoms with Crippen LogP contribution < -0.4 is 4.74 Å². The maximum atomic E-state index is 9.25. The summed E-state index contributed by atoms with van der Waals surface area (Å²) in [4.78, 5) is 1.36. The molecule has 2 aromatic rings. The third-order valence-corrected chi connectivity index (χ3v) is 3.91. The molecule has 0 bridgehead atoms. The first kappa shape index (κ1) is 14.1. The van der Waals surface area contributed by atoms with E-state index in [2.05, 4.69) is 29.6 Å². The smallest absolute Gasteiger partial charge is 0.119 e. The molecule has 0 saturated heterocycles. The van der Waals surface area contributed by atoms with Crippen molar-refractivity contribution in [3.8, 4) is 5.75 Å². The highest BCUT2D eigenvalue weighted by Gasteiger charge is 2.00. The van der Waals surface area contributed by atoms with Crippen LogP contribution >= 0.6 is 11.3 Å². The zero-order valence-electron chi connectivity index (χ0n) is 11.2. The lowest BCUT2D eigenvalue weighted by atomic mass is 10.1. The van der Waals surface area contributed by atoms with E-state index in [1.807, 2.05) is 19.1 Å². The standard InChI is InChI=1S/C16H20O2S/c1-13(17)4-5-14-6-8-15(9-7-14)18-11-10-16-3-2-12-19-16/h2-3,6-9,12-13,17H,4-5,10-11H2,1H3. The molecule has 0 spiro atoms. The van der Waals surface area contributed by atoms with E-state index in [9.17, 15) is 5.11 Å². The molecule has 0 radical (unpaired) electrons. The summed E-state index contributed by atoms with van der Waals surface area (Å²) in [6.07, 6.45) is 2.44. The fourth-order valence-corrected chi connectivity index (χ4v) is 2.54. The zero-order valence-corrected chi connectivity index (χ0v) is 12.0. The number of aryl methyl sites for hydroxylation is 1. The van der Waals surface area contributed by atoms with Gasteiger partial charge in [0.25, 0.3) is 0 Å². The topological polar surface area (TPSA) is 29.5 Å². The predicted molar refractivity (Wildman–Crippen MR) is 80.0 cm³/mol. The highest BCUT2D eigenvalue weighted by Crippen LogP contribution is 2.15. The Kier molecular flexibility index (Phi) is 5.43. The van der Waals surface area contributed by atoms with E-state index >= 15 is 0 Å². The van der Waals surface area contributed by atoms with Gasteiger partial charge in [-0.25, -0.2) is 0 Å². The molecule has 1 unspecified atom stereocenters. The number of aliphatic hydroxyl groups excluding tert-OH is 1. The number of ether oxygens (including phenoxy) is 1. The molecule has 0 saturated carbocycles. The van der Waals surface area contributed by atoms with Gasteiger partial charge < -0.3 is 9.84 Å². The van der Waals surface area contributed by atoms with E-state index in [4.69, 9.17) is 4.74 Å². The van der Waals surface area contributed by atoms with Crippen LogP contribution in [0.25, 0.3) is 0 Å². The monoisotopic (exact) mass is 276 g/mol. The third kappa shape index (κ3) is 5.05. The van der Waals surface area contributed by atoms with Gasteiger partial charge in [0.15, 0.2) is 0 Å². The Labute approximate surface area is 118 Å². The molecule has 102 valence electrons. The summed E-state index contributed by atoms with van der Waals surface area (Å²) in [5, 5.41) is 11.3. The molecule has 3 heteroatoms. The Balaban J connectivity index is 1.75. The van der Waals surface area contributed by atoms with Gasteiger partial charge >= 0.3 is 0 Å². The molecular formula is C16H20O2S. The molecule has 1 N–H and O–H groups in total. The van der Waals surface area contributed by atoms with Crippen LogP contribution in [-0.2, 0) is 12.8 Å². The molecule has 0 amide bonds. The average Bonchev–Trinajstić information content (AvgIpc) is 2.91. The molecule has 0 aliphatic carbocycles. The van der Waals surface area contributed by atoms with Crippen LogP contribution in [0.2, 0.25) is 0 Å². The van der Waals surface area contributed by atoms with Crippen LogP contribution in [0.15, 0.2) is 41.8 Å². The van der Waals surface area contributed by atoms with E-state index in [-0.39, 0.29) is 6.10 Å². The zero-order chi connectivity index (χ0) is 13.5. The van der Waals surface area contributed by atoms with Crippen molar-refractivity contribution in [1.29, 1.82) is 0 Å². The minimum absolute atomic E-state index is 0.235. The van der Waals surface area contributed by atoms with E-state index in [1.165, 1.54) is 10.4 Å². The first-order chi connectivity index (χ1) is 9.24. The summed E-state index contributed by atoms with van der Waals surface area (Å²) < 4.78 is 5.72. The highest BCUT2D eigenvalue weighted by molar-refractivity contribution is 7.09. The van der Waals surface area contributed by atoms with E-state index in [1.54, 1.807) is 11.3 Å². The van der Waals surface area contributed by atoms with E-state index in [0.29, 0.717) is 6.61 Å². The minimum atomic E-state index is -0.235. The van der Waals surface area contributed by atoms with Crippen molar-refractivity contribution in [3.63, 3.8) is 0 Å². The van der Waals surface area contributed by atoms with Gasteiger partial charge in [0.05, 0.1) is 12.7 Å². The van der Waals surface area contributed by atoms with Gasteiger partial charge in [-0.15, -0.1) is 11.3 Å². The molecule has 2 nitrogen and oxygen atoms in total. The molecule has 1 atom stereocenters. The first-order valence-electron chi connectivity index (χ1n) is 6.66. The molecule has 0 aliphatic rings. The fraction of sp³-hybridized carbons (Fsp3) is 0.375. The lowest BCUT2D eigenvalue weighted by Crippen LogP contribution is -2.02. The fourth-order valence-electron chi connectivity index (χ4n) is 1.85. The lowest BCUT2D eigenvalue weighted by molar-refractivity contribution is 0.185. The van der Waals surface area contributed by atoms with Crippen molar-refractivity contribution < 1.29 is 9.84 Å². The van der Waals surface area contributed by atoms with Crippen LogP contribution in [0, 0.1) is 0 Å². The second-order valence-electron chi connectivity index (χ2n) is 4.71. The highest BCUT2D eigenvalue weighted by atomic mass is 32.1. The molecule has 1 heterocycles. The normalized spacial score (nSPS) is 12.3. The van der Waals surface area contributed by atoms with Crippen LogP contribution in [-0.4, -0.2) is 17.8 Å². The number of hydrogen-bond acceptors (Lipinski definition) is 3. The van der Waals surface area contributed by atoms with E-state index < -0.39 is 0 Å². The SMILES string of the molecule is CC(O)CCc1ccc(OCCc2cccs2)cc1. The summed E-state index contributed by atoms with van der Waals surface area (Å²) in [6.45, 7) is 2.54. The molecule has 2 rings (SSSR count). The number of benzene rings is 1. The van der Waals surface area contributed by atoms with Crippen LogP contribution in [0.4, 0.5) is 0 Å². The van der Waals surface area contributed by atoms with Gasteiger partial charge in [0.2, 0.25) is 0 Å². The van der Waals surface area contributed by atoms with Gasteiger partial charge in [-0.1, -0.05) is 18.2 Å². The maximum absolute atomic E-state index is 9.25. The number of thiophene rings is 1. The van der Waals surface area contributed by atoms with Crippen molar-refractivity contribution in [2.24, 2.45) is 0 Å². The molecular weight excluding hydrogens is 256 g/mol. The summed E-state index contributed by atoms with van der Waals surface area (Å²) in [6, 6.07) is 12.4. The Morgan fingerprint density at radius 3 is 2.58 bits per heavy atom. The Hall–Kier alpha value is -1.32. The molecule has 1 aromatic carbocycles. The van der Waals surface area contributed by atoms with Crippen molar-refractivity contribution >= 4 is 11.3 Å².